The zero-order valence-electron chi connectivity index (χ0n) is 13.8. The number of rotatable bonds is 7. The molecule has 2 rings (SSSR count). The van der Waals surface area contributed by atoms with E-state index in [1.54, 1.807) is 36.4 Å². The molecule has 1 unspecified atom stereocenters. The van der Waals surface area contributed by atoms with Crippen LogP contribution in [0.2, 0.25) is 0 Å². The van der Waals surface area contributed by atoms with Crippen LogP contribution in [0.3, 0.4) is 0 Å². The molecule has 0 radical (unpaired) electrons. The van der Waals surface area contributed by atoms with Crippen molar-refractivity contribution in [3.05, 3.63) is 72.3 Å². The fourth-order valence-electron chi connectivity index (χ4n) is 2.32. The lowest BCUT2D eigenvalue weighted by atomic mass is 10.1. The smallest absolute Gasteiger partial charge is 0.404 e. The van der Waals surface area contributed by atoms with E-state index in [1.165, 1.54) is 18.2 Å². The first kappa shape index (κ1) is 20.5. The number of alkyl halides is 3. The molecule has 2 aromatic rings. The van der Waals surface area contributed by atoms with Crippen molar-refractivity contribution >= 4 is 10.0 Å². The van der Waals surface area contributed by atoms with Gasteiger partial charge in [0.1, 0.15) is 10.6 Å². The quantitative estimate of drug-likeness (QED) is 0.726. The number of nitriles is 1. The molecular formula is C18H15F3N2O3S. The van der Waals surface area contributed by atoms with Gasteiger partial charge in [-0.25, -0.2) is 13.1 Å². The third-order valence-electron chi connectivity index (χ3n) is 3.37. The van der Waals surface area contributed by atoms with Gasteiger partial charge in [0.2, 0.25) is 10.0 Å². The summed E-state index contributed by atoms with van der Waals surface area (Å²) in [4.78, 5) is -0.647. The SMILES string of the molecule is N#C/C=C/C(Cc1ccccc1)NS(=O)(=O)c1ccccc1OC(F)(F)F. The monoisotopic (exact) mass is 396 g/mol. The van der Waals surface area contributed by atoms with Gasteiger partial charge in [-0.3, -0.25) is 0 Å². The number of halogens is 3. The van der Waals surface area contributed by atoms with Gasteiger partial charge >= 0.3 is 6.36 Å². The van der Waals surface area contributed by atoms with Gasteiger partial charge in [0.25, 0.3) is 0 Å². The number of hydrogen-bond acceptors (Lipinski definition) is 4. The second-order valence-corrected chi connectivity index (χ2v) is 7.08. The van der Waals surface area contributed by atoms with Crippen LogP contribution in [0.25, 0.3) is 0 Å². The van der Waals surface area contributed by atoms with Gasteiger partial charge in [-0.15, -0.1) is 13.2 Å². The molecule has 0 spiro atoms. The van der Waals surface area contributed by atoms with Crippen molar-refractivity contribution in [2.45, 2.75) is 23.7 Å². The first-order valence-corrected chi connectivity index (χ1v) is 9.17. The second kappa shape index (κ2) is 8.70. The fraction of sp³-hybridized carbons (Fsp3) is 0.167. The van der Waals surface area contributed by atoms with E-state index in [-0.39, 0.29) is 6.42 Å². The van der Waals surface area contributed by atoms with Crippen molar-refractivity contribution in [2.24, 2.45) is 0 Å². The highest BCUT2D eigenvalue weighted by Crippen LogP contribution is 2.29. The molecule has 0 amide bonds. The van der Waals surface area contributed by atoms with Gasteiger partial charge in [0.05, 0.1) is 6.07 Å². The van der Waals surface area contributed by atoms with Gasteiger partial charge in [-0.1, -0.05) is 48.5 Å². The van der Waals surface area contributed by atoms with Crippen LogP contribution in [0, 0.1) is 11.3 Å². The van der Waals surface area contributed by atoms with E-state index in [9.17, 15) is 21.6 Å². The van der Waals surface area contributed by atoms with Crippen LogP contribution in [0.15, 0.2) is 71.6 Å². The van der Waals surface area contributed by atoms with E-state index in [4.69, 9.17) is 5.26 Å². The Balaban J connectivity index is 2.31. The lowest BCUT2D eigenvalue weighted by molar-refractivity contribution is -0.275. The Kier molecular flexibility index (Phi) is 6.60. The number of sulfonamides is 1. The summed E-state index contributed by atoms with van der Waals surface area (Å²) in [5, 5.41) is 8.71. The number of nitrogens with zero attached hydrogens (tertiary/aromatic N) is 1. The van der Waals surface area contributed by atoms with Crippen molar-refractivity contribution < 1.29 is 26.3 Å². The molecular weight excluding hydrogens is 381 g/mol. The van der Waals surface area contributed by atoms with Crippen LogP contribution in [0.4, 0.5) is 13.2 Å². The molecule has 0 heterocycles. The molecule has 1 N–H and O–H groups in total. The van der Waals surface area contributed by atoms with Crippen LogP contribution >= 0.6 is 0 Å². The lowest BCUT2D eigenvalue weighted by Crippen LogP contribution is -2.35. The molecule has 142 valence electrons. The topological polar surface area (TPSA) is 79.2 Å². The molecule has 27 heavy (non-hydrogen) atoms. The predicted octanol–water partition coefficient (Wildman–Crippen LogP) is 3.55. The maximum atomic E-state index is 12.6. The normalized spacial score (nSPS) is 13.3. The van der Waals surface area contributed by atoms with E-state index < -0.39 is 33.1 Å². The molecule has 0 saturated heterocycles. The number of benzene rings is 2. The second-order valence-electron chi connectivity index (χ2n) is 5.40. The van der Waals surface area contributed by atoms with Gasteiger partial charge in [0, 0.05) is 12.1 Å². The van der Waals surface area contributed by atoms with Gasteiger partial charge in [-0.05, 0) is 24.1 Å². The molecule has 0 bridgehead atoms. The summed E-state index contributed by atoms with van der Waals surface area (Å²) in [6.07, 6.45) is -2.39. The van der Waals surface area contributed by atoms with Crippen LogP contribution in [0.5, 0.6) is 5.75 Å². The standard InChI is InChI=1S/C18H15F3N2O3S/c19-18(20,21)26-16-10-4-5-11-17(16)27(24,25)23-15(9-6-12-22)13-14-7-2-1-3-8-14/h1-11,15,23H,13H2/b9-6+. The van der Waals surface area contributed by atoms with Gasteiger partial charge in [-0.2, -0.15) is 5.26 Å². The van der Waals surface area contributed by atoms with E-state index in [0.29, 0.717) is 0 Å². The van der Waals surface area contributed by atoms with Crippen molar-refractivity contribution in [3.63, 3.8) is 0 Å². The minimum Gasteiger partial charge on any atom is -0.404 e. The van der Waals surface area contributed by atoms with Crippen LogP contribution in [0.1, 0.15) is 5.56 Å². The number of hydrogen-bond donors (Lipinski definition) is 1. The highest BCUT2D eigenvalue weighted by atomic mass is 32.2. The molecule has 0 aliphatic carbocycles. The molecule has 0 saturated carbocycles. The van der Waals surface area contributed by atoms with Crippen LogP contribution in [-0.4, -0.2) is 20.8 Å². The molecule has 1 atom stereocenters. The minimum atomic E-state index is -5.03. The fourth-order valence-corrected chi connectivity index (χ4v) is 3.64. The van der Waals surface area contributed by atoms with E-state index in [2.05, 4.69) is 9.46 Å². The average Bonchev–Trinajstić information content (AvgIpc) is 2.59. The average molecular weight is 396 g/mol. The van der Waals surface area contributed by atoms with Crippen LogP contribution in [-0.2, 0) is 16.4 Å². The summed E-state index contributed by atoms with van der Waals surface area (Å²) in [6, 6.07) is 14.2. The molecule has 0 aliphatic heterocycles. The van der Waals surface area contributed by atoms with E-state index in [0.717, 1.165) is 23.8 Å². The Labute approximate surface area is 154 Å². The molecule has 2 aromatic carbocycles. The summed E-state index contributed by atoms with van der Waals surface area (Å²) in [7, 11) is -4.35. The predicted molar refractivity (Wildman–Crippen MR) is 92.1 cm³/mol. The summed E-state index contributed by atoms with van der Waals surface area (Å²) in [5.41, 5.74) is 0.785. The van der Waals surface area contributed by atoms with E-state index >= 15 is 0 Å². The third kappa shape index (κ3) is 6.44. The Hall–Kier alpha value is -2.83. The molecule has 5 nitrogen and oxygen atoms in total. The zero-order valence-corrected chi connectivity index (χ0v) is 14.7. The Morgan fingerprint density at radius 2 is 1.74 bits per heavy atom. The van der Waals surface area contributed by atoms with Crippen molar-refractivity contribution in [1.82, 2.24) is 4.72 Å². The Morgan fingerprint density at radius 3 is 2.37 bits per heavy atom. The zero-order chi connectivity index (χ0) is 19.9. The van der Waals surface area contributed by atoms with Gasteiger partial charge in [0.15, 0.2) is 0 Å². The highest BCUT2D eigenvalue weighted by molar-refractivity contribution is 7.89. The largest absolute Gasteiger partial charge is 0.573 e. The maximum absolute atomic E-state index is 12.6. The van der Waals surface area contributed by atoms with Crippen molar-refractivity contribution in [2.75, 3.05) is 0 Å². The first-order valence-electron chi connectivity index (χ1n) is 7.68. The first-order chi connectivity index (χ1) is 12.7. The van der Waals surface area contributed by atoms with Gasteiger partial charge < -0.3 is 4.74 Å². The molecule has 0 aromatic heterocycles. The molecule has 0 aliphatic rings. The van der Waals surface area contributed by atoms with E-state index in [1.807, 2.05) is 0 Å². The lowest BCUT2D eigenvalue weighted by Gasteiger charge is -2.18. The number of allylic oxidation sites excluding steroid dienone is 1. The summed E-state index contributed by atoms with van der Waals surface area (Å²) >= 11 is 0. The summed E-state index contributed by atoms with van der Waals surface area (Å²) in [5.74, 6) is -0.833. The number of para-hydroxylation sites is 1. The highest BCUT2D eigenvalue weighted by Gasteiger charge is 2.34. The number of ether oxygens (including phenoxy) is 1. The third-order valence-corrected chi connectivity index (χ3v) is 4.90. The van der Waals surface area contributed by atoms with Crippen molar-refractivity contribution in [1.29, 1.82) is 5.26 Å². The van der Waals surface area contributed by atoms with Crippen molar-refractivity contribution in [3.8, 4) is 11.8 Å². The maximum Gasteiger partial charge on any atom is 0.573 e. The Bertz CT molecular complexity index is 936. The number of nitrogens with one attached hydrogen (secondary N) is 1. The minimum absolute atomic E-state index is 0.209. The summed E-state index contributed by atoms with van der Waals surface area (Å²) in [6.45, 7) is 0. The van der Waals surface area contributed by atoms with Crippen LogP contribution < -0.4 is 9.46 Å². The summed E-state index contributed by atoms with van der Waals surface area (Å²) < 4.78 is 69.0. The Morgan fingerprint density at radius 1 is 1.11 bits per heavy atom. The molecule has 0 fully saturated rings. The molecule has 9 heteroatoms.